The van der Waals surface area contributed by atoms with Crippen molar-refractivity contribution in [2.45, 2.75) is 58.9 Å². The zero-order chi connectivity index (χ0) is 15.9. The summed E-state index contributed by atoms with van der Waals surface area (Å²) in [6, 6.07) is 7.08. The van der Waals surface area contributed by atoms with E-state index < -0.39 is 0 Å². The largest absolute Gasteiger partial charge is 0.323 e. The third-order valence-corrected chi connectivity index (χ3v) is 3.92. The molecule has 0 saturated heterocycles. The summed E-state index contributed by atoms with van der Waals surface area (Å²) in [5, 5.41) is 3.15. The molecule has 22 heavy (non-hydrogen) atoms. The molecule has 0 spiro atoms. The smallest absolute Gasteiger partial charge is 0.207 e. The average Bonchev–Trinajstić information content (AvgIpc) is 2.90. The van der Waals surface area contributed by atoms with Gasteiger partial charge in [0.15, 0.2) is 0 Å². The summed E-state index contributed by atoms with van der Waals surface area (Å²) in [5.74, 6) is 0.479. The van der Waals surface area contributed by atoms with E-state index in [1.807, 2.05) is 12.3 Å². The SMILES string of the molecule is CCCCC(C)n1c(CCC)cnc1Nc1ccccc1F. The molecule has 3 nitrogen and oxygen atoms in total. The molecule has 1 aromatic heterocycles. The molecule has 2 rings (SSSR count). The number of rotatable bonds is 8. The molecule has 0 fully saturated rings. The van der Waals surface area contributed by atoms with Crippen LogP contribution in [0.2, 0.25) is 0 Å². The second-order valence-corrected chi connectivity index (χ2v) is 5.79. The molecule has 1 N–H and O–H groups in total. The predicted molar refractivity (Wildman–Crippen MR) is 90.1 cm³/mol. The Labute approximate surface area is 132 Å². The Morgan fingerprint density at radius 1 is 1.23 bits per heavy atom. The van der Waals surface area contributed by atoms with Crippen molar-refractivity contribution in [3.63, 3.8) is 0 Å². The first-order chi connectivity index (χ1) is 10.7. The molecule has 120 valence electrons. The van der Waals surface area contributed by atoms with Crippen LogP contribution in [0.15, 0.2) is 30.5 Å². The lowest BCUT2D eigenvalue weighted by Crippen LogP contribution is -2.12. The van der Waals surface area contributed by atoms with Crippen LogP contribution in [-0.4, -0.2) is 9.55 Å². The zero-order valence-electron chi connectivity index (χ0n) is 13.8. The number of para-hydroxylation sites is 1. The molecule has 2 aromatic rings. The molecule has 4 heteroatoms. The summed E-state index contributed by atoms with van der Waals surface area (Å²) < 4.78 is 16.1. The number of nitrogens with zero attached hydrogens (tertiary/aromatic N) is 2. The maximum Gasteiger partial charge on any atom is 0.207 e. The van der Waals surface area contributed by atoms with Gasteiger partial charge < -0.3 is 9.88 Å². The molecule has 0 saturated carbocycles. The monoisotopic (exact) mass is 303 g/mol. The highest BCUT2D eigenvalue weighted by Crippen LogP contribution is 2.26. The lowest BCUT2D eigenvalue weighted by Gasteiger charge is -2.20. The van der Waals surface area contributed by atoms with Crippen molar-refractivity contribution in [2.24, 2.45) is 0 Å². The van der Waals surface area contributed by atoms with E-state index in [-0.39, 0.29) is 5.82 Å². The first-order valence-corrected chi connectivity index (χ1v) is 8.25. The van der Waals surface area contributed by atoms with Gasteiger partial charge in [0, 0.05) is 11.7 Å². The molecule has 0 radical (unpaired) electrons. The van der Waals surface area contributed by atoms with Crippen molar-refractivity contribution < 1.29 is 4.39 Å². The van der Waals surface area contributed by atoms with E-state index in [9.17, 15) is 4.39 Å². The van der Waals surface area contributed by atoms with Crippen molar-refractivity contribution in [3.8, 4) is 0 Å². The Balaban J connectivity index is 2.28. The zero-order valence-corrected chi connectivity index (χ0v) is 13.8. The Bertz CT molecular complexity index is 592. The molecule has 0 aliphatic carbocycles. The number of aromatic nitrogens is 2. The van der Waals surface area contributed by atoms with Gasteiger partial charge in [-0.3, -0.25) is 0 Å². The van der Waals surface area contributed by atoms with E-state index in [0.717, 1.165) is 25.2 Å². The quantitative estimate of drug-likeness (QED) is 0.701. The average molecular weight is 303 g/mol. The van der Waals surface area contributed by atoms with E-state index in [1.165, 1.54) is 24.6 Å². The number of halogens is 1. The summed E-state index contributed by atoms with van der Waals surface area (Å²) in [6.45, 7) is 6.58. The van der Waals surface area contributed by atoms with Crippen LogP contribution in [0.3, 0.4) is 0 Å². The van der Waals surface area contributed by atoms with Crippen LogP contribution in [0, 0.1) is 5.82 Å². The van der Waals surface area contributed by atoms with E-state index in [0.29, 0.717) is 11.7 Å². The van der Waals surface area contributed by atoms with Crippen LogP contribution in [0.25, 0.3) is 0 Å². The van der Waals surface area contributed by atoms with Crippen molar-refractivity contribution in [3.05, 3.63) is 42.0 Å². The van der Waals surface area contributed by atoms with Gasteiger partial charge >= 0.3 is 0 Å². The van der Waals surface area contributed by atoms with Crippen molar-refractivity contribution in [2.75, 3.05) is 5.32 Å². The lowest BCUT2D eigenvalue weighted by molar-refractivity contribution is 0.476. The first-order valence-electron chi connectivity index (χ1n) is 8.25. The van der Waals surface area contributed by atoms with Crippen LogP contribution in [0.5, 0.6) is 0 Å². The molecule has 0 bridgehead atoms. The number of benzene rings is 1. The normalized spacial score (nSPS) is 12.4. The number of imidazole rings is 1. The van der Waals surface area contributed by atoms with Gasteiger partial charge in [-0.15, -0.1) is 0 Å². The molecule has 1 heterocycles. The van der Waals surface area contributed by atoms with Crippen LogP contribution in [0.4, 0.5) is 16.0 Å². The number of nitrogens with one attached hydrogen (secondary N) is 1. The fourth-order valence-electron chi connectivity index (χ4n) is 2.73. The molecule has 1 unspecified atom stereocenters. The summed E-state index contributed by atoms with van der Waals surface area (Å²) in [5.41, 5.74) is 1.69. The fraction of sp³-hybridized carbons (Fsp3) is 0.500. The maximum absolute atomic E-state index is 13.9. The third kappa shape index (κ3) is 3.87. The molecular weight excluding hydrogens is 277 g/mol. The van der Waals surface area contributed by atoms with E-state index >= 15 is 0 Å². The molecule has 0 aliphatic rings. The number of hydrogen-bond acceptors (Lipinski definition) is 2. The maximum atomic E-state index is 13.9. The summed E-state index contributed by atoms with van der Waals surface area (Å²) in [7, 11) is 0. The summed E-state index contributed by atoms with van der Waals surface area (Å²) in [6.07, 6.45) is 7.45. The summed E-state index contributed by atoms with van der Waals surface area (Å²) >= 11 is 0. The molecule has 1 aromatic carbocycles. The van der Waals surface area contributed by atoms with Gasteiger partial charge in [-0.2, -0.15) is 0 Å². The number of hydrogen-bond donors (Lipinski definition) is 1. The van der Waals surface area contributed by atoms with E-state index in [4.69, 9.17) is 0 Å². The van der Waals surface area contributed by atoms with Crippen LogP contribution in [-0.2, 0) is 6.42 Å². The van der Waals surface area contributed by atoms with Gasteiger partial charge in [0.25, 0.3) is 0 Å². The van der Waals surface area contributed by atoms with Crippen LogP contribution < -0.4 is 5.32 Å². The standard InChI is InChI=1S/C18H26FN3/c1-4-6-10-14(3)22-15(9-5-2)13-20-18(22)21-17-12-8-7-11-16(17)19/h7-8,11-14H,4-6,9-10H2,1-3H3,(H,20,21). The Kier molecular flexibility index (Phi) is 5.99. The Hall–Kier alpha value is -1.84. The third-order valence-electron chi connectivity index (χ3n) is 3.92. The van der Waals surface area contributed by atoms with Gasteiger partial charge in [-0.1, -0.05) is 45.2 Å². The highest BCUT2D eigenvalue weighted by Gasteiger charge is 2.16. The van der Waals surface area contributed by atoms with Crippen molar-refractivity contribution >= 4 is 11.6 Å². The van der Waals surface area contributed by atoms with E-state index in [2.05, 4.69) is 35.6 Å². The minimum atomic E-state index is -0.254. The second-order valence-electron chi connectivity index (χ2n) is 5.79. The van der Waals surface area contributed by atoms with Gasteiger partial charge in [0.2, 0.25) is 5.95 Å². The minimum absolute atomic E-state index is 0.254. The Morgan fingerprint density at radius 2 is 2.00 bits per heavy atom. The molecule has 1 atom stereocenters. The van der Waals surface area contributed by atoms with Crippen molar-refractivity contribution in [1.29, 1.82) is 0 Å². The highest BCUT2D eigenvalue weighted by atomic mass is 19.1. The highest BCUT2D eigenvalue weighted by molar-refractivity contribution is 5.54. The number of aryl methyl sites for hydroxylation is 1. The van der Waals surface area contributed by atoms with E-state index in [1.54, 1.807) is 12.1 Å². The summed E-state index contributed by atoms with van der Waals surface area (Å²) in [4.78, 5) is 4.49. The van der Waals surface area contributed by atoms with Gasteiger partial charge in [0.05, 0.1) is 11.9 Å². The van der Waals surface area contributed by atoms with Gasteiger partial charge in [-0.25, -0.2) is 9.37 Å². The molecule has 0 amide bonds. The molecular formula is C18H26FN3. The Morgan fingerprint density at radius 3 is 2.68 bits per heavy atom. The first kappa shape index (κ1) is 16.5. The molecule has 0 aliphatic heterocycles. The van der Waals surface area contributed by atoms with Crippen LogP contribution in [0.1, 0.15) is 58.2 Å². The number of unbranched alkanes of at least 4 members (excludes halogenated alkanes) is 1. The van der Waals surface area contributed by atoms with Gasteiger partial charge in [0.1, 0.15) is 5.82 Å². The fourth-order valence-corrected chi connectivity index (χ4v) is 2.73. The number of anilines is 2. The topological polar surface area (TPSA) is 29.9 Å². The van der Waals surface area contributed by atoms with Crippen LogP contribution >= 0.6 is 0 Å². The minimum Gasteiger partial charge on any atom is -0.323 e. The van der Waals surface area contributed by atoms with Gasteiger partial charge in [-0.05, 0) is 31.9 Å². The van der Waals surface area contributed by atoms with Crippen molar-refractivity contribution in [1.82, 2.24) is 9.55 Å². The lowest BCUT2D eigenvalue weighted by atomic mass is 10.1. The predicted octanol–water partition coefficient (Wildman–Crippen LogP) is 5.47. The second kappa shape index (κ2) is 7.97.